The normalized spacial score (nSPS) is 34.4. The van der Waals surface area contributed by atoms with Gasteiger partial charge in [-0.05, 0) is 52.5 Å². The Balaban J connectivity index is 1.94. The fourth-order valence-electron chi connectivity index (χ4n) is 3.79. The van der Waals surface area contributed by atoms with Gasteiger partial charge >= 0.3 is 0 Å². The van der Waals surface area contributed by atoms with Crippen LogP contribution in [0.5, 0.6) is 0 Å². The van der Waals surface area contributed by atoms with Gasteiger partial charge in [0.2, 0.25) is 0 Å². The first-order valence-electron chi connectivity index (χ1n) is 8.12. The summed E-state index contributed by atoms with van der Waals surface area (Å²) in [6.07, 6.45) is 9.16. The fraction of sp³-hybridized carbons (Fsp3) is 1.00. The van der Waals surface area contributed by atoms with Crippen LogP contribution in [-0.4, -0.2) is 45.9 Å². The average molecular weight is 269 g/mol. The molecule has 3 unspecified atom stereocenters. The number of piperidine rings is 1. The molecule has 0 spiro atoms. The van der Waals surface area contributed by atoms with Gasteiger partial charge in [-0.25, -0.2) is 0 Å². The Bertz CT molecular complexity index is 274. The third-order valence-electron chi connectivity index (χ3n) is 4.95. The Labute approximate surface area is 118 Å². The summed E-state index contributed by atoms with van der Waals surface area (Å²) in [4.78, 5) is 2.54. The predicted molar refractivity (Wildman–Crippen MR) is 78.1 cm³/mol. The van der Waals surface area contributed by atoms with Gasteiger partial charge < -0.3 is 10.2 Å². The van der Waals surface area contributed by atoms with Gasteiger partial charge in [-0.1, -0.05) is 19.3 Å². The van der Waals surface area contributed by atoms with Gasteiger partial charge in [0, 0.05) is 18.5 Å². The molecular formula is C16H31NO2. The third-order valence-corrected chi connectivity index (χ3v) is 4.95. The number of hydrogen-bond donors (Lipinski definition) is 2. The molecule has 1 saturated heterocycles. The Morgan fingerprint density at radius 3 is 2.42 bits per heavy atom. The molecule has 0 aromatic heterocycles. The lowest BCUT2D eigenvalue weighted by Crippen LogP contribution is -2.49. The Hall–Kier alpha value is -0.120. The highest BCUT2D eigenvalue weighted by Gasteiger charge is 2.35. The first-order chi connectivity index (χ1) is 8.97. The van der Waals surface area contributed by atoms with Crippen molar-refractivity contribution in [3.05, 3.63) is 0 Å². The first-order valence-corrected chi connectivity index (χ1v) is 8.12. The number of aliphatic hydroxyl groups is 2. The summed E-state index contributed by atoms with van der Waals surface area (Å²) >= 11 is 0. The lowest BCUT2D eigenvalue weighted by molar-refractivity contribution is -0.0166. The van der Waals surface area contributed by atoms with Crippen LogP contribution in [0.2, 0.25) is 0 Å². The van der Waals surface area contributed by atoms with E-state index in [9.17, 15) is 10.2 Å². The van der Waals surface area contributed by atoms with Crippen LogP contribution in [0.15, 0.2) is 0 Å². The van der Waals surface area contributed by atoms with E-state index < -0.39 is 5.60 Å². The van der Waals surface area contributed by atoms with Crippen LogP contribution in [0.3, 0.4) is 0 Å². The maximum atomic E-state index is 10.3. The topological polar surface area (TPSA) is 43.7 Å². The molecule has 3 heteroatoms. The van der Waals surface area contributed by atoms with Crippen molar-refractivity contribution in [3.63, 3.8) is 0 Å². The molecule has 0 aromatic rings. The molecule has 1 aliphatic carbocycles. The number of aliphatic hydroxyl groups excluding tert-OH is 1. The summed E-state index contributed by atoms with van der Waals surface area (Å²) < 4.78 is 0. The second kappa shape index (κ2) is 6.55. The highest BCUT2D eigenvalue weighted by Crippen LogP contribution is 2.34. The maximum absolute atomic E-state index is 10.3. The van der Waals surface area contributed by atoms with Crippen LogP contribution in [0.1, 0.15) is 65.2 Å². The molecule has 2 fully saturated rings. The largest absolute Gasteiger partial charge is 0.393 e. The third kappa shape index (κ3) is 4.44. The van der Waals surface area contributed by atoms with E-state index in [1.165, 1.54) is 38.5 Å². The molecule has 1 heterocycles. The molecule has 2 N–H and O–H groups in total. The van der Waals surface area contributed by atoms with Gasteiger partial charge in [0.15, 0.2) is 0 Å². The molecule has 0 bridgehead atoms. The van der Waals surface area contributed by atoms with Gasteiger partial charge in [0.05, 0.1) is 11.7 Å². The van der Waals surface area contributed by atoms with Crippen LogP contribution in [0.25, 0.3) is 0 Å². The van der Waals surface area contributed by atoms with Crippen molar-refractivity contribution in [2.24, 2.45) is 5.92 Å². The molecule has 2 aliphatic rings. The van der Waals surface area contributed by atoms with Gasteiger partial charge in [0.1, 0.15) is 0 Å². The van der Waals surface area contributed by atoms with Crippen LogP contribution < -0.4 is 0 Å². The molecule has 19 heavy (non-hydrogen) atoms. The molecule has 1 aliphatic heterocycles. The highest BCUT2D eigenvalue weighted by atomic mass is 16.3. The number of rotatable bonds is 4. The lowest BCUT2D eigenvalue weighted by Gasteiger charge is -2.44. The summed E-state index contributed by atoms with van der Waals surface area (Å²) in [6.45, 7) is 5.89. The van der Waals surface area contributed by atoms with Crippen LogP contribution in [0, 0.1) is 5.92 Å². The first kappa shape index (κ1) is 15.3. The second-order valence-corrected chi connectivity index (χ2v) is 7.18. The number of nitrogens with zero attached hydrogens (tertiary/aromatic N) is 1. The minimum atomic E-state index is -0.576. The van der Waals surface area contributed by atoms with E-state index in [0.29, 0.717) is 12.0 Å². The Kier molecular flexibility index (Phi) is 5.27. The average Bonchev–Trinajstić information content (AvgIpc) is 2.37. The van der Waals surface area contributed by atoms with Crippen molar-refractivity contribution in [3.8, 4) is 0 Å². The van der Waals surface area contributed by atoms with Gasteiger partial charge in [-0.3, -0.25) is 4.90 Å². The SMILES string of the molecule is CC(C)(O)CCN1CCCCC1C1CCCCC1O. The van der Waals surface area contributed by atoms with Gasteiger partial charge in [-0.15, -0.1) is 0 Å². The highest BCUT2D eigenvalue weighted by molar-refractivity contribution is 4.89. The molecule has 0 aromatic carbocycles. The smallest absolute Gasteiger partial charge is 0.0603 e. The minimum Gasteiger partial charge on any atom is -0.393 e. The predicted octanol–water partition coefficient (Wildman–Crippen LogP) is 2.55. The van der Waals surface area contributed by atoms with Crippen molar-refractivity contribution in [2.75, 3.05) is 13.1 Å². The van der Waals surface area contributed by atoms with E-state index in [0.717, 1.165) is 25.9 Å². The molecule has 112 valence electrons. The minimum absolute atomic E-state index is 0.0958. The second-order valence-electron chi connectivity index (χ2n) is 7.18. The monoisotopic (exact) mass is 269 g/mol. The van der Waals surface area contributed by atoms with Crippen molar-refractivity contribution < 1.29 is 10.2 Å². The Morgan fingerprint density at radius 1 is 1.05 bits per heavy atom. The molecule has 3 atom stereocenters. The number of likely N-dealkylation sites (tertiary alicyclic amines) is 1. The van der Waals surface area contributed by atoms with E-state index in [4.69, 9.17) is 0 Å². The zero-order valence-corrected chi connectivity index (χ0v) is 12.6. The molecule has 2 rings (SSSR count). The standard InChI is InChI=1S/C16H31NO2/c1-16(2,19)10-12-17-11-6-5-8-14(17)13-7-3-4-9-15(13)18/h13-15,18-19H,3-12H2,1-2H3. The van der Waals surface area contributed by atoms with Crippen molar-refractivity contribution in [1.82, 2.24) is 4.90 Å². The fourth-order valence-corrected chi connectivity index (χ4v) is 3.79. The molecule has 0 amide bonds. The summed E-state index contributed by atoms with van der Waals surface area (Å²) in [5.74, 6) is 0.468. The summed E-state index contributed by atoms with van der Waals surface area (Å²) in [5.41, 5.74) is -0.576. The van der Waals surface area contributed by atoms with Crippen molar-refractivity contribution in [1.29, 1.82) is 0 Å². The number of hydrogen-bond acceptors (Lipinski definition) is 3. The van der Waals surface area contributed by atoms with Crippen molar-refractivity contribution in [2.45, 2.75) is 83.0 Å². The lowest BCUT2D eigenvalue weighted by atomic mass is 9.78. The zero-order valence-electron chi connectivity index (χ0n) is 12.6. The van der Waals surface area contributed by atoms with Crippen LogP contribution in [0.4, 0.5) is 0 Å². The van der Waals surface area contributed by atoms with E-state index in [-0.39, 0.29) is 6.10 Å². The van der Waals surface area contributed by atoms with E-state index in [1.54, 1.807) is 0 Å². The Morgan fingerprint density at radius 2 is 1.74 bits per heavy atom. The van der Waals surface area contributed by atoms with Crippen molar-refractivity contribution >= 4 is 0 Å². The quantitative estimate of drug-likeness (QED) is 0.824. The molecule has 0 radical (unpaired) electrons. The van der Waals surface area contributed by atoms with E-state index >= 15 is 0 Å². The summed E-state index contributed by atoms with van der Waals surface area (Å²) in [7, 11) is 0. The summed E-state index contributed by atoms with van der Waals surface area (Å²) in [6, 6.07) is 0.548. The molecule has 3 nitrogen and oxygen atoms in total. The van der Waals surface area contributed by atoms with E-state index in [1.807, 2.05) is 13.8 Å². The van der Waals surface area contributed by atoms with E-state index in [2.05, 4.69) is 4.90 Å². The van der Waals surface area contributed by atoms with Gasteiger partial charge in [-0.2, -0.15) is 0 Å². The summed E-state index contributed by atoms with van der Waals surface area (Å²) in [5, 5.41) is 20.2. The molecular weight excluding hydrogens is 238 g/mol. The van der Waals surface area contributed by atoms with Gasteiger partial charge in [0.25, 0.3) is 0 Å². The van der Waals surface area contributed by atoms with Crippen LogP contribution in [-0.2, 0) is 0 Å². The zero-order chi connectivity index (χ0) is 13.9. The molecule has 1 saturated carbocycles. The maximum Gasteiger partial charge on any atom is 0.0603 e. The van der Waals surface area contributed by atoms with Crippen LogP contribution >= 0.6 is 0 Å².